The molecule has 2 heterocycles. The van der Waals surface area contributed by atoms with E-state index in [0.717, 1.165) is 11.3 Å². The Morgan fingerprint density at radius 2 is 2.00 bits per heavy atom. The van der Waals surface area contributed by atoms with Crippen molar-refractivity contribution in [2.24, 2.45) is 0 Å². The normalized spacial score (nSPS) is 9.25. The van der Waals surface area contributed by atoms with E-state index >= 15 is 0 Å². The lowest BCUT2D eigenvalue weighted by Crippen LogP contribution is -1.79. The Bertz CT molecular complexity index is 431. The highest BCUT2D eigenvalue weighted by atomic mass is 32.1. The summed E-state index contributed by atoms with van der Waals surface area (Å²) in [5.41, 5.74) is 1.75. The van der Waals surface area contributed by atoms with Gasteiger partial charge in [-0.15, -0.1) is 0 Å². The van der Waals surface area contributed by atoms with Crippen molar-refractivity contribution in [3.63, 3.8) is 0 Å². The predicted octanol–water partition coefficient (Wildman–Crippen LogP) is 3.71. The zero-order valence-electron chi connectivity index (χ0n) is 8.51. The van der Waals surface area contributed by atoms with Gasteiger partial charge in [-0.05, 0) is 12.1 Å². The smallest absolute Gasteiger partial charge is 0.119 e. The van der Waals surface area contributed by atoms with Gasteiger partial charge in [-0.2, -0.15) is 0 Å². The van der Waals surface area contributed by atoms with E-state index in [1.165, 1.54) is 11.5 Å². The Kier molecular flexibility index (Phi) is 3.85. The third kappa shape index (κ3) is 3.03. The van der Waals surface area contributed by atoms with Crippen molar-refractivity contribution in [3.05, 3.63) is 60.3 Å². The second kappa shape index (κ2) is 5.82. The molecule has 0 amide bonds. The van der Waals surface area contributed by atoms with Crippen LogP contribution < -0.4 is 0 Å². The van der Waals surface area contributed by atoms with Crippen molar-refractivity contribution in [1.82, 2.24) is 9.53 Å². The van der Waals surface area contributed by atoms with Crippen LogP contribution in [-0.4, -0.2) is 9.53 Å². The summed E-state index contributed by atoms with van der Waals surface area (Å²) in [4.78, 5) is 0. The minimum Gasteiger partial charge on any atom is -0.390 e. The quantitative estimate of drug-likeness (QED) is 0.772. The fraction of sp³-hybridized carbons (Fsp3) is 0. The van der Waals surface area contributed by atoms with Crippen LogP contribution in [0.5, 0.6) is 0 Å². The number of hydrogen-bond acceptors (Lipinski definition) is 2. The molecule has 0 aliphatic carbocycles. The first-order chi connectivity index (χ1) is 7.97. The van der Waals surface area contributed by atoms with E-state index in [0.29, 0.717) is 0 Å². The second-order valence-electron chi connectivity index (χ2n) is 2.96. The van der Waals surface area contributed by atoms with Crippen LogP contribution in [0.25, 0.3) is 11.3 Å². The van der Waals surface area contributed by atoms with Gasteiger partial charge in [-0.1, -0.05) is 41.9 Å². The van der Waals surface area contributed by atoms with Gasteiger partial charge in [0.15, 0.2) is 0 Å². The standard InChI is InChI=1S/C12H11N2OS/c1-2-7-12(14-15-8-4-1)11-6-3-5-9-16-13-10-11/h1-9,13-14H. The maximum absolute atomic E-state index is 5.11. The van der Waals surface area contributed by atoms with Crippen LogP contribution in [0.2, 0.25) is 0 Å². The van der Waals surface area contributed by atoms with Crippen molar-refractivity contribution in [3.8, 4) is 11.3 Å². The third-order valence-corrected chi connectivity index (χ3v) is 2.37. The summed E-state index contributed by atoms with van der Waals surface area (Å²) < 4.78 is 8.10. The monoisotopic (exact) mass is 231 g/mol. The van der Waals surface area contributed by atoms with Crippen LogP contribution in [-0.2, 0) is 0 Å². The first-order valence-corrected chi connectivity index (χ1v) is 5.67. The number of aromatic nitrogens is 2. The fourth-order valence-corrected chi connectivity index (χ4v) is 1.54. The molecule has 0 atom stereocenters. The van der Waals surface area contributed by atoms with Gasteiger partial charge in [0, 0.05) is 10.9 Å². The molecule has 0 bridgehead atoms. The van der Waals surface area contributed by atoms with Gasteiger partial charge in [0.25, 0.3) is 0 Å². The first-order valence-electron chi connectivity index (χ1n) is 4.79. The molecule has 0 fully saturated rings. The van der Waals surface area contributed by atoms with E-state index in [-0.39, 0.29) is 0 Å². The van der Waals surface area contributed by atoms with Gasteiger partial charge < -0.3 is 8.90 Å². The van der Waals surface area contributed by atoms with Crippen molar-refractivity contribution in [2.75, 3.05) is 0 Å². The molecule has 81 valence electrons. The molecule has 0 saturated heterocycles. The molecular weight excluding hydrogens is 220 g/mol. The van der Waals surface area contributed by atoms with Gasteiger partial charge in [0.05, 0.1) is 11.9 Å². The van der Waals surface area contributed by atoms with Gasteiger partial charge in [0.1, 0.15) is 6.26 Å². The van der Waals surface area contributed by atoms with E-state index in [4.69, 9.17) is 4.52 Å². The van der Waals surface area contributed by atoms with Crippen LogP contribution in [0.3, 0.4) is 0 Å². The largest absolute Gasteiger partial charge is 0.390 e. The molecule has 2 rings (SSSR count). The zero-order valence-corrected chi connectivity index (χ0v) is 9.33. The minimum absolute atomic E-state index is 0.847. The maximum atomic E-state index is 5.11. The van der Waals surface area contributed by atoms with Gasteiger partial charge >= 0.3 is 0 Å². The Morgan fingerprint density at radius 1 is 1.06 bits per heavy atom. The van der Waals surface area contributed by atoms with Crippen molar-refractivity contribution >= 4 is 11.5 Å². The minimum atomic E-state index is 0.847. The zero-order chi connectivity index (χ0) is 11.1. The number of rotatable bonds is 1. The molecule has 0 saturated carbocycles. The van der Waals surface area contributed by atoms with Crippen LogP contribution >= 0.6 is 11.5 Å². The highest BCUT2D eigenvalue weighted by molar-refractivity contribution is 7.03. The number of hydrogen-bond donors (Lipinski definition) is 2. The third-order valence-electron chi connectivity index (χ3n) is 1.86. The molecule has 0 aliphatic heterocycles. The van der Waals surface area contributed by atoms with Gasteiger partial charge in [-0.3, -0.25) is 0 Å². The number of nitrogens with one attached hydrogen (secondary N) is 2. The Balaban J connectivity index is 2.52. The molecule has 16 heavy (non-hydrogen) atoms. The Labute approximate surface area is 97.5 Å². The maximum Gasteiger partial charge on any atom is 0.119 e. The highest BCUT2D eigenvalue weighted by Gasteiger charge is 1.93. The second-order valence-corrected chi connectivity index (χ2v) is 3.67. The Hall–Kier alpha value is -1.94. The van der Waals surface area contributed by atoms with E-state index in [1.807, 2.05) is 47.8 Å². The molecule has 0 spiro atoms. The van der Waals surface area contributed by atoms with E-state index in [1.54, 1.807) is 6.26 Å². The molecule has 2 aromatic heterocycles. The summed E-state index contributed by atoms with van der Waals surface area (Å²) in [6.45, 7) is 0. The summed E-state index contributed by atoms with van der Waals surface area (Å²) in [6.07, 6.45) is 4.64. The van der Waals surface area contributed by atoms with Crippen LogP contribution in [0, 0.1) is 6.20 Å². The lowest BCUT2D eigenvalue weighted by Gasteiger charge is -1.95. The first kappa shape index (κ1) is 10.6. The molecule has 2 N–H and O–H groups in total. The SMILES string of the molecule is [c]1[nH]sccccc1-c1ccccco[nH]1. The summed E-state index contributed by atoms with van der Waals surface area (Å²) in [5.74, 6) is 0. The van der Waals surface area contributed by atoms with Gasteiger partial charge in [0.2, 0.25) is 0 Å². The van der Waals surface area contributed by atoms with Crippen molar-refractivity contribution in [1.29, 1.82) is 0 Å². The molecule has 0 unspecified atom stereocenters. The van der Waals surface area contributed by atoms with E-state index in [2.05, 4.69) is 15.7 Å². The summed E-state index contributed by atoms with van der Waals surface area (Å²) in [5, 5.41) is 4.78. The molecule has 0 aliphatic rings. The molecule has 4 heteroatoms. The van der Waals surface area contributed by atoms with Crippen molar-refractivity contribution in [2.45, 2.75) is 0 Å². The molecule has 1 radical (unpaired) electrons. The number of H-pyrrole nitrogens is 2. The summed E-state index contributed by atoms with van der Waals surface area (Å²) in [6, 6.07) is 13.4. The molecule has 0 aromatic carbocycles. The lowest BCUT2D eigenvalue weighted by atomic mass is 10.2. The molecule has 3 nitrogen and oxygen atoms in total. The molecule has 2 aromatic rings. The average Bonchev–Trinajstić information content (AvgIpc) is 2.18. The van der Waals surface area contributed by atoms with Crippen LogP contribution in [0.15, 0.2) is 58.6 Å². The highest BCUT2D eigenvalue weighted by Crippen LogP contribution is 2.11. The van der Waals surface area contributed by atoms with Crippen LogP contribution in [0.4, 0.5) is 0 Å². The van der Waals surface area contributed by atoms with E-state index in [9.17, 15) is 0 Å². The topological polar surface area (TPSA) is 44.7 Å². The average molecular weight is 231 g/mol. The van der Waals surface area contributed by atoms with Crippen molar-refractivity contribution < 1.29 is 4.52 Å². The summed E-state index contributed by atoms with van der Waals surface area (Å²) in [7, 11) is 0. The van der Waals surface area contributed by atoms with Crippen LogP contribution in [0.1, 0.15) is 0 Å². The lowest BCUT2D eigenvalue weighted by molar-refractivity contribution is 0.407. The number of aromatic amines is 2. The molecular formula is C12H11N2OS. The Morgan fingerprint density at radius 3 is 3.00 bits per heavy atom. The fourth-order valence-electron chi connectivity index (χ4n) is 1.13. The predicted molar refractivity (Wildman–Crippen MR) is 64.8 cm³/mol. The summed E-state index contributed by atoms with van der Waals surface area (Å²) >= 11 is 1.46. The van der Waals surface area contributed by atoms with E-state index < -0.39 is 0 Å². The van der Waals surface area contributed by atoms with Gasteiger partial charge in [-0.25, -0.2) is 5.16 Å².